The van der Waals surface area contributed by atoms with E-state index in [1.807, 2.05) is 0 Å². The van der Waals surface area contributed by atoms with Crippen LogP contribution in [0.15, 0.2) is 17.1 Å². The van der Waals surface area contributed by atoms with Gasteiger partial charge in [-0.2, -0.15) is 0 Å². The highest BCUT2D eigenvalue weighted by atomic mass is 16.2. The lowest BCUT2D eigenvalue weighted by Gasteiger charge is -2.33. The van der Waals surface area contributed by atoms with Crippen molar-refractivity contribution in [2.24, 2.45) is 5.73 Å². The highest BCUT2D eigenvalue weighted by Crippen LogP contribution is 2.21. The summed E-state index contributed by atoms with van der Waals surface area (Å²) in [6.45, 7) is 1.79. The fourth-order valence-electron chi connectivity index (χ4n) is 2.59. The quantitative estimate of drug-likeness (QED) is 0.836. The van der Waals surface area contributed by atoms with Gasteiger partial charge in [0.1, 0.15) is 5.56 Å². The van der Waals surface area contributed by atoms with Crippen molar-refractivity contribution in [1.82, 2.24) is 9.88 Å². The number of hydrogen-bond acceptors (Lipinski definition) is 3. The van der Waals surface area contributed by atoms with Gasteiger partial charge in [-0.3, -0.25) is 9.59 Å². The zero-order valence-electron chi connectivity index (χ0n) is 11.5. The van der Waals surface area contributed by atoms with Crippen LogP contribution in [-0.4, -0.2) is 34.9 Å². The van der Waals surface area contributed by atoms with Gasteiger partial charge in [-0.05, 0) is 32.6 Å². The molecule has 1 aliphatic carbocycles. The first-order chi connectivity index (χ1) is 8.99. The summed E-state index contributed by atoms with van der Waals surface area (Å²) in [5.41, 5.74) is 6.61. The third-order valence-corrected chi connectivity index (χ3v) is 3.90. The maximum Gasteiger partial charge on any atom is 0.259 e. The molecule has 0 saturated heterocycles. The van der Waals surface area contributed by atoms with Crippen LogP contribution < -0.4 is 11.2 Å². The van der Waals surface area contributed by atoms with E-state index in [1.165, 1.54) is 12.3 Å². The number of pyridine rings is 1. The van der Waals surface area contributed by atoms with Gasteiger partial charge in [0, 0.05) is 37.1 Å². The van der Waals surface area contributed by atoms with Crippen LogP contribution in [0.4, 0.5) is 0 Å². The minimum Gasteiger partial charge on any atom is -0.364 e. The average molecular weight is 263 g/mol. The molecule has 0 atom stereocenters. The number of nitrogens with one attached hydrogen (secondary N) is 1. The monoisotopic (exact) mass is 263 g/mol. The van der Waals surface area contributed by atoms with E-state index in [9.17, 15) is 9.59 Å². The van der Waals surface area contributed by atoms with Crippen LogP contribution in [-0.2, 0) is 0 Å². The van der Waals surface area contributed by atoms with Crippen molar-refractivity contribution < 1.29 is 4.79 Å². The average Bonchev–Trinajstić information content (AvgIpc) is 2.38. The summed E-state index contributed by atoms with van der Waals surface area (Å²) in [4.78, 5) is 28.8. The third kappa shape index (κ3) is 3.04. The summed E-state index contributed by atoms with van der Waals surface area (Å²) >= 11 is 0. The van der Waals surface area contributed by atoms with Crippen LogP contribution in [0.2, 0.25) is 0 Å². The molecular formula is C14H21N3O2. The molecule has 104 valence electrons. The van der Waals surface area contributed by atoms with Crippen molar-refractivity contribution in [3.05, 3.63) is 33.7 Å². The van der Waals surface area contributed by atoms with Gasteiger partial charge >= 0.3 is 0 Å². The van der Waals surface area contributed by atoms with Gasteiger partial charge in [0.2, 0.25) is 0 Å². The zero-order chi connectivity index (χ0) is 14.0. The molecule has 0 aliphatic heterocycles. The van der Waals surface area contributed by atoms with E-state index in [2.05, 4.69) is 4.98 Å². The highest BCUT2D eigenvalue weighted by molar-refractivity contribution is 5.93. The predicted octanol–water partition coefficient (Wildman–Crippen LogP) is 1.03. The number of amides is 1. The number of aromatic nitrogens is 1. The van der Waals surface area contributed by atoms with Gasteiger partial charge in [-0.25, -0.2) is 0 Å². The molecule has 1 aliphatic rings. The van der Waals surface area contributed by atoms with Crippen LogP contribution in [0.5, 0.6) is 0 Å². The van der Waals surface area contributed by atoms with Crippen molar-refractivity contribution in [3.8, 4) is 0 Å². The Morgan fingerprint density at radius 1 is 1.37 bits per heavy atom. The van der Waals surface area contributed by atoms with Crippen molar-refractivity contribution in [2.75, 3.05) is 7.05 Å². The number of rotatable bonds is 2. The van der Waals surface area contributed by atoms with Gasteiger partial charge in [0.25, 0.3) is 5.91 Å². The molecular weight excluding hydrogens is 242 g/mol. The first kappa shape index (κ1) is 13.8. The lowest BCUT2D eigenvalue weighted by Crippen LogP contribution is -2.43. The number of aromatic amines is 1. The van der Waals surface area contributed by atoms with Crippen LogP contribution in [0.25, 0.3) is 0 Å². The highest BCUT2D eigenvalue weighted by Gasteiger charge is 2.26. The van der Waals surface area contributed by atoms with Crippen molar-refractivity contribution in [2.45, 2.75) is 44.7 Å². The van der Waals surface area contributed by atoms with Crippen LogP contribution >= 0.6 is 0 Å². The lowest BCUT2D eigenvalue weighted by atomic mass is 9.91. The summed E-state index contributed by atoms with van der Waals surface area (Å²) in [5.74, 6) is -0.207. The molecule has 5 heteroatoms. The maximum atomic E-state index is 12.3. The largest absolute Gasteiger partial charge is 0.364 e. The molecule has 0 bridgehead atoms. The van der Waals surface area contributed by atoms with Crippen molar-refractivity contribution in [1.29, 1.82) is 0 Å². The van der Waals surface area contributed by atoms with Crippen LogP contribution in [0.3, 0.4) is 0 Å². The van der Waals surface area contributed by atoms with E-state index in [4.69, 9.17) is 5.73 Å². The second-order valence-corrected chi connectivity index (χ2v) is 5.38. The van der Waals surface area contributed by atoms with E-state index in [0.29, 0.717) is 0 Å². The third-order valence-electron chi connectivity index (χ3n) is 3.90. The summed E-state index contributed by atoms with van der Waals surface area (Å²) in [6.07, 6.45) is 5.20. The Kier molecular flexibility index (Phi) is 4.04. The molecule has 1 amide bonds. The van der Waals surface area contributed by atoms with Crippen molar-refractivity contribution in [3.63, 3.8) is 0 Å². The fourth-order valence-corrected chi connectivity index (χ4v) is 2.59. The number of nitrogens with two attached hydrogens (primary N) is 1. The minimum absolute atomic E-state index is 0.188. The number of carbonyl (C=O) groups excluding carboxylic acids is 1. The molecule has 5 nitrogen and oxygen atoms in total. The molecule has 1 saturated carbocycles. The number of hydrogen-bond donors (Lipinski definition) is 2. The molecule has 0 spiro atoms. The van der Waals surface area contributed by atoms with Crippen molar-refractivity contribution >= 4 is 5.91 Å². The van der Waals surface area contributed by atoms with Crippen LogP contribution in [0.1, 0.15) is 41.7 Å². The molecule has 1 fully saturated rings. The Morgan fingerprint density at radius 2 is 2.00 bits per heavy atom. The number of carbonyl (C=O) groups is 1. The topological polar surface area (TPSA) is 79.2 Å². The molecule has 3 N–H and O–H groups in total. The minimum atomic E-state index is -0.222. The fraction of sp³-hybridized carbons (Fsp3) is 0.571. The molecule has 2 rings (SSSR count). The van der Waals surface area contributed by atoms with Gasteiger partial charge in [0.05, 0.1) is 0 Å². The molecule has 0 unspecified atom stereocenters. The van der Waals surface area contributed by atoms with E-state index < -0.39 is 0 Å². The smallest absolute Gasteiger partial charge is 0.259 e. The van der Waals surface area contributed by atoms with Gasteiger partial charge in [-0.1, -0.05) is 0 Å². The Labute approximate surface area is 112 Å². The second kappa shape index (κ2) is 5.57. The summed E-state index contributed by atoms with van der Waals surface area (Å²) in [7, 11) is 1.77. The molecule has 19 heavy (non-hydrogen) atoms. The molecule has 1 heterocycles. The number of nitrogens with zero attached hydrogens (tertiary/aromatic N) is 1. The molecule has 1 aromatic heterocycles. The van der Waals surface area contributed by atoms with Gasteiger partial charge in [-0.15, -0.1) is 0 Å². The Balaban J connectivity index is 2.12. The first-order valence-corrected chi connectivity index (χ1v) is 6.71. The van der Waals surface area contributed by atoms with E-state index >= 15 is 0 Å². The summed E-state index contributed by atoms with van der Waals surface area (Å²) in [5, 5.41) is 0. The Morgan fingerprint density at radius 3 is 2.58 bits per heavy atom. The standard InChI is InChI=1S/C14H21N3O2/c1-9-7-13(18)12(8-16-9)14(19)17(2)11-5-3-10(15)4-6-11/h7-8,10-11H,3-6,15H2,1-2H3,(H,16,18). The lowest BCUT2D eigenvalue weighted by molar-refractivity contribution is 0.0688. The Hall–Kier alpha value is -1.62. The molecule has 0 radical (unpaired) electrons. The SMILES string of the molecule is Cc1cc(=O)c(C(=O)N(C)C2CCC(N)CC2)c[nH]1. The van der Waals surface area contributed by atoms with Crippen LogP contribution in [0, 0.1) is 6.92 Å². The summed E-state index contributed by atoms with van der Waals surface area (Å²) < 4.78 is 0. The first-order valence-electron chi connectivity index (χ1n) is 6.71. The Bertz CT molecular complexity index is 516. The molecule has 0 aromatic carbocycles. The number of aryl methyl sites for hydroxylation is 1. The second-order valence-electron chi connectivity index (χ2n) is 5.38. The normalized spacial score (nSPS) is 23.1. The van der Waals surface area contributed by atoms with E-state index in [1.54, 1.807) is 18.9 Å². The molecule has 1 aromatic rings. The number of H-pyrrole nitrogens is 1. The summed E-state index contributed by atoms with van der Waals surface area (Å²) in [6, 6.07) is 1.90. The van der Waals surface area contributed by atoms with E-state index in [0.717, 1.165) is 31.4 Å². The predicted molar refractivity (Wildman–Crippen MR) is 74.1 cm³/mol. The van der Waals surface area contributed by atoms with Gasteiger partial charge < -0.3 is 15.6 Å². The van der Waals surface area contributed by atoms with Gasteiger partial charge in [0.15, 0.2) is 5.43 Å². The maximum absolute atomic E-state index is 12.3. The zero-order valence-corrected chi connectivity index (χ0v) is 11.5. The van der Waals surface area contributed by atoms with E-state index in [-0.39, 0.29) is 29.0 Å².